The molecule has 0 amide bonds. The minimum atomic E-state index is 0.0202. The summed E-state index contributed by atoms with van der Waals surface area (Å²) < 4.78 is 0. The van der Waals surface area contributed by atoms with Crippen molar-refractivity contribution in [2.45, 2.75) is 6.92 Å². The van der Waals surface area contributed by atoms with Crippen LogP contribution in [0, 0.1) is 0 Å². The maximum Gasteiger partial charge on any atom is 0.152 e. The SMILES string of the molecule is CC(=O)C=Cc1ccc(N)nc1. The van der Waals surface area contributed by atoms with Crippen LogP contribution in [0.4, 0.5) is 5.82 Å². The van der Waals surface area contributed by atoms with Crippen molar-refractivity contribution in [2.75, 3.05) is 5.73 Å². The standard InChI is InChI=1S/C9H10N2O/c1-7(12)2-3-8-4-5-9(10)11-6-8/h2-6H,1H3,(H2,10,11). The lowest BCUT2D eigenvalue weighted by Crippen LogP contribution is -1.88. The van der Waals surface area contributed by atoms with Crippen LogP contribution < -0.4 is 5.73 Å². The first-order valence-electron chi connectivity index (χ1n) is 3.58. The molecule has 0 aliphatic rings. The zero-order valence-electron chi connectivity index (χ0n) is 6.82. The fourth-order valence-electron chi connectivity index (χ4n) is 0.729. The van der Waals surface area contributed by atoms with Crippen molar-refractivity contribution in [1.82, 2.24) is 4.98 Å². The molecule has 1 heterocycles. The zero-order chi connectivity index (χ0) is 8.97. The van der Waals surface area contributed by atoms with Crippen LogP contribution in [0.5, 0.6) is 0 Å². The number of hydrogen-bond acceptors (Lipinski definition) is 3. The predicted octanol–water partition coefficient (Wildman–Crippen LogP) is 1.27. The molecule has 1 rings (SSSR count). The molecule has 0 saturated heterocycles. The Bertz CT molecular complexity index is 301. The lowest BCUT2D eigenvalue weighted by molar-refractivity contribution is -0.112. The number of anilines is 1. The highest BCUT2D eigenvalue weighted by atomic mass is 16.1. The quantitative estimate of drug-likeness (QED) is 0.666. The largest absolute Gasteiger partial charge is 0.384 e. The number of carbonyl (C=O) groups is 1. The first-order chi connectivity index (χ1) is 5.68. The average Bonchev–Trinajstić information content (AvgIpc) is 2.03. The van der Waals surface area contributed by atoms with E-state index < -0.39 is 0 Å². The number of carbonyl (C=O) groups excluding carboxylic acids is 1. The molecule has 1 aromatic heterocycles. The van der Waals surface area contributed by atoms with Crippen LogP contribution in [0.2, 0.25) is 0 Å². The average molecular weight is 162 g/mol. The summed E-state index contributed by atoms with van der Waals surface area (Å²) in [5, 5.41) is 0. The minimum Gasteiger partial charge on any atom is -0.384 e. The van der Waals surface area contributed by atoms with Crippen LogP contribution in [0.25, 0.3) is 6.08 Å². The van der Waals surface area contributed by atoms with Crippen LogP contribution in [0.15, 0.2) is 24.4 Å². The summed E-state index contributed by atoms with van der Waals surface area (Å²) in [5.74, 6) is 0.502. The zero-order valence-corrected chi connectivity index (χ0v) is 6.82. The molecule has 0 fully saturated rings. The maximum atomic E-state index is 10.6. The van der Waals surface area contributed by atoms with E-state index in [2.05, 4.69) is 4.98 Å². The smallest absolute Gasteiger partial charge is 0.152 e. The molecule has 62 valence electrons. The van der Waals surface area contributed by atoms with E-state index in [0.29, 0.717) is 5.82 Å². The van der Waals surface area contributed by atoms with Gasteiger partial charge in [0.2, 0.25) is 0 Å². The van der Waals surface area contributed by atoms with Crippen molar-refractivity contribution >= 4 is 17.7 Å². The number of allylic oxidation sites excluding steroid dienone is 1. The van der Waals surface area contributed by atoms with Gasteiger partial charge in [0.15, 0.2) is 5.78 Å². The summed E-state index contributed by atoms with van der Waals surface area (Å²) in [6.45, 7) is 1.50. The van der Waals surface area contributed by atoms with Gasteiger partial charge in [-0.3, -0.25) is 4.79 Å². The van der Waals surface area contributed by atoms with Crippen molar-refractivity contribution in [3.63, 3.8) is 0 Å². The number of ketones is 1. The fourth-order valence-corrected chi connectivity index (χ4v) is 0.729. The number of hydrogen-bond donors (Lipinski definition) is 1. The molecule has 0 aromatic carbocycles. The van der Waals surface area contributed by atoms with E-state index in [4.69, 9.17) is 5.73 Å². The highest BCUT2D eigenvalue weighted by molar-refractivity contribution is 5.91. The molecule has 0 saturated carbocycles. The number of nitrogens with two attached hydrogens (primary N) is 1. The Morgan fingerprint density at radius 3 is 2.83 bits per heavy atom. The third kappa shape index (κ3) is 2.54. The van der Waals surface area contributed by atoms with Gasteiger partial charge in [-0.2, -0.15) is 0 Å². The number of aromatic nitrogens is 1. The van der Waals surface area contributed by atoms with Crippen molar-refractivity contribution in [2.24, 2.45) is 0 Å². The van der Waals surface area contributed by atoms with Crippen molar-refractivity contribution in [3.05, 3.63) is 30.0 Å². The van der Waals surface area contributed by atoms with Crippen molar-refractivity contribution in [1.29, 1.82) is 0 Å². The third-order valence-corrected chi connectivity index (χ3v) is 1.32. The maximum absolute atomic E-state index is 10.6. The molecule has 0 atom stereocenters. The summed E-state index contributed by atoms with van der Waals surface area (Å²) in [6.07, 6.45) is 4.82. The van der Waals surface area contributed by atoms with Gasteiger partial charge >= 0.3 is 0 Å². The number of nitrogen functional groups attached to an aromatic ring is 1. The summed E-state index contributed by atoms with van der Waals surface area (Å²) >= 11 is 0. The molecule has 1 aromatic rings. The second-order valence-electron chi connectivity index (χ2n) is 2.46. The van der Waals surface area contributed by atoms with Gasteiger partial charge in [-0.05, 0) is 36.8 Å². The lowest BCUT2D eigenvalue weighted by Gasteiger charge is -1.92. The van der Waals surface area contributed by atoms with Gasteiger partial charge in [0, 0.05) is 6.20 Å². The molecule has 0 spiro atoms. The van der Waals surface area contributed by atoms with Crippen molar-refractivity contribution in [3.8, 4) is 0 Å². The molecule has 12 heavy (non-hydrogen) atoms. The Hall–Kier alpha value is -1.64. The van der Waals surface area contributed by atoms with Crippen LogP contribution >= 0.6 is 0 Å². The first-order valence-corrected chi connectivity index (χ1v) is 3.58. The van der Waals surface area contributed by atoms with E-state index in [-0.39, 0.29) is 5.78 Å². The summed E-state index contributed by atoms with van der Waals surface area (Å²) in [5.41, 5.74) is 6.25. The second-order valence-corrected chi connectivity index (χ2v) is 2.46. The van der Waals surface area contributed by atoms with E-state index in [1.807, 2.05) is 6.07 Å². The highest BCUT2D eigenvalue weighted by Gasteiger charge is 1.88. The topological polar surface area (TPSA) is 56.0 Å². The van der Waals surface area contributed by atoms with Gasteiger partial charge in [0.1, 0.15) is 5.82 Å². The Morgan fingerprint density at radius 2 is 2.33 bits per heavy atom. The fraction of sp³-hybridized carbons (Fsp3) is 0.111. The summed E-state index contributed by atoms with van der Waals surface area (Å²) in [6, 6.07) is 3.50. The number of rotatable bonds is 2. The normalized spacial score (nSPS) is 10.4. The summed E-state index contributed by atoms with van der Waals surface area (Å²) in [7, 11) is 0. The Balaban J connectivity index is 2.77. The number of nitrogens with zero attached hydrogens (tertiary/aromatic N) is 1. The van der Waals surface area contributed by atoms with E-state index in [9.17, 15) is 4.79 Å². The van der Waals surface area contributed by atoms with Gasteiger partial charge in [-0.25, -0.2) is 4.98 Å². The second kappa shape index (κ2) is 3.67. The molecule has 2 N–H and O–H groups in total. The molecule has 0 aliphatic heterocycles. The Kier molecular flexibility index (Phi) is 2.58. The van der Waals surface area contributed by atoms with Gasteiger partial charge in [-0.15, -0.1) is 0 Å². The predicted molar refractivity (Wildman–Crippen MR) is 48.4 cm³/mol. The Morgan fingerprint density at radius 1 is 1.58 bits per heavy atom. The molecular formula is C9H10N2O. The molecule has 3 nitrogen and oxygen atoms in total. The van der Waals surface area contributed by atoms with Crippen molar-refractivity contribution < 1.29 is 4.79 Å². The van der Waals surface area contributed by atoms with E-state index >= 15 is 0 Å². The van der Waals surface area contributed by atoms with Gasteiger partial charge in [0.25, 0.3) is 0 Å². The van der Waals surface area contributed by atoms with E-state index in [1.165, 1.54) is 13.0 Å². The van der Waals surface area contributed by atoms with E-state index in [1.54, 1.807) is 18.3 Å². The van der Waals surface area contributed by atoms with Crippen LogP contribution in [-0.4, -0.2) is 10.8 Å². The van der Waals surface area contributed by atoms with Gasteiger partial charge < -0.3 is 5.73 Å². The van der Waals surface area contributed by atoms with Gasteiger partial charge in [-0.1, -0.05) is 0 Å². The molecule has 3 heteroatoms. The first kappa shape index (κ1) is 8.46. The van der Waals surface area contributed by atoms with E-state index in [0.717, 1.165) is 5.56 Å². The third-order valence-electron chi connectivity index (χ3n) is 1.32. The molecule has 0 bridgehead atoms. The highest BCUT2D eigenvalue weighted by Crippen LogP contribution is 2.02. The molecular weight excluding hydrogens is 152 g/mol. The summed E-state index contributed by atoms with van der Waals surface area (Å²) in [4.78, 5) is 14.4. The Labute approximate surface area is 70.9 Å². The van der Waals surface area contributed by atoms with Crippen LogP contribution in [0.3, 0.4) is 0 Å². The lowest BCUT2D eigenvalue weighted by atomic mass is 10.2. The van der Waals surface area contributed by atoms with Crippen LogP contribution in [0.1, 0.15) is 12.5 Å². The van der Waals surface area contributed by atoms with Gasteiger partial charge in [0.05, 0.1) is 0 Å². The molecule has 0 aliphatic carbocycles. The molecule has 0 radical (unpaired) electrons. The minimum absolute atomic E-state index is 0.0202. The molecule has 0 unspecified atom stereocenters. The monoisotopic (exact) mass is 162 g/mol. The number of pyridine rings is 1. The van der Waals surface area contributed by atoms with Crippen LogP contribution in [-0.2, 0) is 4.79 Å².